The van der Waals surface area contributed by atoms with Crippen LogP contribution in [0.5, 0.6) is 0 Å². The van der Waals surface area contributed by atoms with E-state index in [4.69, 9.17) is 10.5 Å². The van der Waals surface area contributed by atoms with E-state index in [2.05, 4.69) is 4.98 Å². The highest BCUT2D eigenvalue weighted by Gasteiger charge is 2.24. The fourth-order valence-corrected chi connectivity index (χ4v) is 3.67. The molecule has 0 radical (unpaired) electrons. The maximum Gasteiger partial charge on any atom is 0.253 e. The van der Waals surface area contributed by atoms with Crippen LogP contribution in [0, 0.1) is 0 Å². The number of benzene rings is 2. The van der Waals surface area contributed by atoms with Gasteiger partial charge in [0.05, 0.1) is 17.1 Å². The van der Waals surface area contributed by atoms with Gasteiger partial charge in [-0.15, -0.1) is 0 Å². The molecule has 3 aromatic rings. The largest absolute Gasteiger partial charge is 0.378 e. The van der Waals surface area contributed by atoms with Gasteiger partial charge in [-0.3, -0.25) is 9.36 Å². The summed E-state index contributed by atoms with van der Waals surface area (Å²) in [5.41, 5.74) is 9.23. The predicted octanol–water partition coefficient (Wildman–Crippen LogP) is 3.00. The molecule has 0 spiro atoms. The number of hydrogen-bond acceptors (Lipinski definition) is 4. The van der Waals surface area contributed by atoms with Gasteiger partial charge in [0, 0.05) is 30.9 Å². The molecule has 0 atom stereocenters. The molecular weight excluding hydrogens is 352 g/mol. The Hall–Kier alpha value is -2.70. The monoisotopic (exact) mass is 378 g/mol. The molecular formula is C22H26N4O2. The van der Waals surface area contributed by atoms with Crippen molar-refractivity contribution in [3.05, 3.63) is 60.4 Å². The summed E-state index contributed by atoms with van der Waals surface area (Å²) in [6.07, 6.45) is 4.71. The van der Waals surface area contributed by atoms with E-state index in [1.165, 1.54) is 0 Å². The Balaban J connectivity index is 1.40. The summed E-state index contributed by atoms with van der Waals surface area (Å²) in [6, 6.07) is 15.8. The molecule has 1 aliphatic heterocycles. The number of aromatic nitrogens is 2. The van der Waals surface area contributed by atoms with Gasteiger partial charge in [-0.1, -0.05) is 12.1 Å². The van der Waals surface area contributed by atoms with Crippen LogP contribution in [0.3, 0.4) is 0 Å². The van der Waals surface area contributed by atoms with Gasteiger partial charge in [-0.05, 0) is 62.2 Å². The molecule has 4 rings (SSSR count). The van der Waals surface area contributed by atoms with Crippen LogP contribution in [0.2, 0.25) is 0 Å². The van der Waals surface area contributed by atoms with Gasteiger partial charge in [0.2, 0.25) is 0 Å². The quantitative estimate of drug-likeness (QED) is 0.669. The van der Waals surface area contributed by atoms with Crippen molar-refractivity contribution in [2.24, 2.45) is 5.73 Å². The number of nitrogens with zero attached hydrogens (tertiary/aromatic N) is 3. The summed E-state index contributed by atoms with van der Waals surface area (Å²) in [5.74, 6) is 0.0856. The minimum atomic E-state index is 0.0856. The number of fused-ring (bicyclic) bond motifs is 1. The lowest BCUT2D eigenvalue weighted by atomic mass is 10.1. The minimum absolute atomic E-state index is 0.0856. The van der Waals surface area contributed by atoms with Crippen molar-refractivity contribution in [2.75, 3.05) is 26.2 Å². The molecule has 146 valence electrons. The Bertz CT molecular complexity index is 927. The Labute approximate surface area is 164 Å². The van der Waals surface area contributed by atoms with Crippen LogP contribution < -0.4 is 5.73 Å². The van der Waals surface area contributed by atoms with E-state index in [0.717, 1.165) is 54.6 Å². The van der Waals surface area contributed by atoms with Crippen molar-refractivity contribution < 1.29 is 9.53 Å². The number of amides is 1. The highest BCUT2D eigenvalue weighted by molar-refractivity contribution is 5.94. The second-order valence-corrected chi connectivity index (χ2v) is 7.15. The Kier molecular flexibility index (Phi) is 5.69. The number of hydrogen-bond donors (Lipinski definition) is 1. The smallest absolute Gasteiger partial charge is 0.253 e. The maximum absolute atomic E-state index is 12.8. The number of carbonyl (C=O) groups is 1. The van der Waals surface area contributed by atoms with Crippen LogP contribution in [0.25, 0.3) is 16.7 Å². The first kappa shape index (κ1) is 18.7. The number of imidazole rings is 1. The van der Waals surface area contributed by atoms with E-state index in [1.54, 1.807) is 0 Å². The standard InChI is InChI=1S/C22H26N4O2/c23-12-3-15-28-19-10-13-25(14-11-19)22(27)17-6-8-18(9-7-17)26-16-24-20-4-1-2-5-21(20)26/h1-2,4-9,16,19H,3,10-15,23H2. The molecule has 28 heavy (non-hydrogen) atoms. The van der Waals surface area contributed by atoms with Gasteiger partial charge in [0.1, 0.15) is 6.33 Å². The van der Waals surface area contributed by atoms with Crippen LogP contribution in [-0.4, -0.2) is 52.7 Å². The normalized spacial score (nSPS) is 15.2. The van der Waals surface area contributed by atoms with Crippen molar-refractivity contribution in [1.29, 1.82) is 0 Å². The average Bonchev–Trinajstić information content (AvgIpc) is 3.18. The fourth-order valence-electron chi connectivity index (χ4n) is 3.67. The summed E-state index contributed by atoms with van der Waals surface area (Å²) in [4.78, 5) is 19.2. The molecule has 2 N–H and O–H groups in total. The van der Waals surface area contributed by atoms with Crippen LogP contribution in [0.1, 0.15) is 29.6 Å². The van der Waals surface area contributed by atoms with E-state index < -0.39 is 0 Å². The summed E-state index contributed by atoms with van der Waals surface area (Å²) in [7, 11) is 0. The molecule has 0 bridgehead atoms. The minimum Gasteiger partial charge on any atom is -0.378 e. The lowest BCUT2D eigenvalue weighted by molar-refractivity contribution is 0.00845. The van der Waals surface area contributed by atoms with Gasteiger partial charge < -0.3 is 15.4 Å². The van der Waals surface area contributed by atoms with Crippen molar-refractivity contribution in [2.45, 2.75) is 25.4 Å². The molecule has 1 aromatic heterocycles. The Morgan fingerprint density at radius 3 is 2.61 bits per heavy atom. The number of para-hydroxylation sites is 2. The molecule has 6 heteroatoms. The molecule has 0 aliphatic carbocycles. The molecule has 1 amide bonds. The zero-order chi connectivity index (χ0) is 19.3. The van der Waals surface area contributed by atoms with Crippen LogP contribution in [0.15, 0.2) is 54.9 Å². The van der Waals surface area contributed by atoms with E-state index in [1.807, 2.05) is 64.3 Å². The number of likely N-dealkylation sites (tertiary alicyclic amines) is 1. The van der Waals surface area contributed by atoms with Crippen molar-refractivity contribution in [1.82, 2.24) is 14.5 Å². The summed E-state index contributed by atoms with van der Waals surface area (Å²) in [5, 5.41) is 0. The molecule has 1 fully saturated rings. The molecule has 2 heterocycles. The molecule has 2 aromatic carbocycles. The lowest BCUT2D eigenvalue weighted by Gasteiger charge is -2.32. The average molecular weight is 378 g/mol. The third kappa shape index (κ3) is 3.93. The van der Waals surface area contributed by atoms with E-state index >= 15 is 0 Å². The maximum atomic E-state index is 12.8. The predicted molar refractivity (Wildman–Crippen MR) is 110 cm³/mol. The molecule has 1 saturated heterocycles. The van der Waals surface area contributed by atoms with Crippen molar-refractivity contribution >= 4 is 16.9 Å². The van der Waals surface area contributed by atoms with Crippen LogP contribution in [0.4, 0.5) is 0 Å². The van der Waals surface area contributed by atoms with Gasteiger partial charge >= 0.3 is 0 Å². The van der Waals surface area contributed by atoms with E-state index in [-0.39, 0.29) is 12.0 Å². The number of rotatable bonds is 6. The number of ether oxygens (including phenoxy) is 1. The van der Waals surface area contributed by atoms with Crippen LogP contribution >= 0.6 is 0 Å². The third-order valence-corrected chi connectivity index (χ3v) is 5.28. The molecule has 6 nitrogen and oxygen atoms in total. The topological polar surface area (TPSA) is 73.4 Å². The zero-order valence-corrected chi connectivity index (χ0v) is 16.0. The number of nitrogens with two attached hydrogens (primary N) is 1. The van der Waals surface area contributed by atoms with Crippen molar-refractivity contribution in [3.8, 4) is 5.69 Å². The first-order valence-electron chi connectivity index (χ1n) is 9.90. The summed E-state index contributed by atoms with van der Waals surface area (Å²) in [6.45, 7) is 2.84. The van der Waals surface area contributed by atoms with Gasteiger partial charge in [0.15, 0.2) is 0 Å². The number of piperidine rings is 1. The molecule has 0 unspecified atom stereocenters. The highest BCUT2D eigenvalue weighted by Crippen LogP contribution is 2.20. The van der Waals surface area contributed by atoms with E-state index in [0.29, 0.717) is 13.2 Å². The van der Waals surface area contributed by atoms with Crippen molar-refractivity contribution in [3.63, 3.8) is 0 Å². The van der Waals surface area contributed by atoms with Gasteiger partial charge in [-0.2, -0.15) is 0 Å². The first-order valence-corrected chi connectivity index (χ1v) is 9.90. The molecule has 1 aliphatic rings. The van der Waals surface area contributed by atoms with Gasteiger partial charge in [0.25, 0.3) is 5.91 Å². The second-order valence-electron chi connectivity index (χ2n) is 7.15. The Morgan fingerprint density at radius 1 is 1.11 bits per heavy atom. The molecule has 0 saturated carbocycles. The number of carbonyl (C=O) groups excluding carboxylic acids is 1. The SMILES string of the molecule is NCCCOC1CCN(C(=O)c2ccc(-n3cnc4ccccc43)cc2)CC1. The highest BCUT2D eigenvalue weighted by atomic mass is 16.5. The first-order chi connectivity index (χ1) is 13.8. The van der Waals surface area contributed by atoms with Gasteiger partial charge in [-0.25, -0.2) is 4.98 Å². The summed E-state index contributed by atoms with van der Waals surface area (Å²) >= 11 is 0. The fraction of sp³-hybridized carbons (Fsp3) is 0.364. The van der Waals surface area contributed by atoms with Crippen LogP contribution in [-0.2, 0) is 4.74 Å². The summed E-state index contributed by atoms with van der Waals surface area (Å²) < 4.78 is 7.86. The zero-order valence-electron chi connectivity index (χ0n) is 16.0. The second kappa shape index (κ2) is 8.54. The van der Waals surface area contributed by atoms with E-state index in [9.17, 15) is 4.79 Å². The third-order valence-electron chi connectivity index (χ3n) is 5.28. The lowest BCUT2D eigenvalue weighted by Crippen LogP contribution is -2.41. The Morgan fingerprint density at radius 2 is 1.86 bits per heavy atom.